The van der Waals surface area contributed by atoms with E-state index < -0.39 is 0 Å². The van der Waals surface area contributed by atoms with Crippen LogP contribution in [0.5, 0.6) is 5.75 Å². The number of hydrogen-bond acceptors (Lipinski definition) is 6. The average molecular weight is 454 g/mol. The summed E-state index contributed by atoms with van der Waals surface area (Å²) in [7, 11) is 0. The van der Waals surface area contributed by atoms with E-state index in [-0.39, 0.29) is 18.0 Å². The van der Waals surface area contributed by atoms with E-state index in [1.807, 2.05) is 31.3 Å². The molecule has 0 spiro atoms. The van der Waals surface area contributed by atoms with Crippen molar-refractivity contribution >= 4 is 23.6 Å². The molecule has 1 saturated carbocycles. The van der Waals surface area contributed by atoms with E-state index in [1.54, 1.807) is 15.8 Å². The standard InChI is InChI=1S/C22H24ClN7O2/c1-13-9-16(23)19(18(10-13)32-8-7-30-6-2-5-25-30)20-15-11-29(22(31)26-14-3-4-14)12-17(15)27-21(24)28-20/h2,5-6,9-10,14H,3-4,7-8,11-12H2,1H3,(H,26,31)(H2,24,27,28). The summed E-state index contributed by atoms with van der Waals surface area (Å²) in [5.74, 6) is 0.755. The molecule has 1 fully saturated rings. The number of halogens is 1. The van der Waals surface area contributed by atoms with Gasteiger partial charge >= 0.3 is 6.03 Å². The number of rotatable bonds is 6. The Balaban J connectivity index is 1.46. The van der Waals surface area contributed by atoms with Crippen LogP contribution in [0.2, 0.25) is 5.02 Å². The van der Waals surface area contributed by atoms with Crippen molar-refractivity contribution in [3.05, 3.63) is 52.4 Å². The van der Waals surface area contributed by atoms with Crippen molar-refractivity contribution in [1.82, 2.24) is 30.0 Å². The highest BCUT2D eigenvalue weighted by Gasteiger charge is 2.33. The highest BCUT2D eigenvalue weighted by molar-refractivity contribution is 6.33. The minimum Gasteiger partial charge on any atom is -0.491 e. The van der Waals surface area contributed by atoms with Crippen LogP contribution < -0.4 is 15.8 Å². The lowest BCUT2D eigenvalue weighted by Gasteiger charge is -2.17. The Labute approximate surface area is 190 Å². The third-order valence-electron chi connectivity index (χ3n) is 5.56. The van der Waals surface area contributed by atoms with E-state index in [2.05, 4.69) is 20.4 Å². The lowest BCUT2D eigenvalue weighted by molar-refractivity contribution is 0.197. The molecule has 5 rings (SSSR count). The molecule has 0 bridgehead atoms. The fraction of sp³-hybridized carbons (Fsp3) is 0.364. The van der Waals surface area contributed by atoms with Crippen molar-refractivity contribution in [2.75, 3.05) is 12.3 Å². The van der Waals surface area contributed by atoms with Crippen LogP contribution in [-0.2, 0) is 19.6 Å². The van der Waals surface area contributed by atoms with E-state index in [0.29, 0.717) is 48.3 Å². The molecule has 3 aromatic rings. The van der Waals surface area contributed by atoms with Gasteiger partial charge in [-0.3, -0.25) is 4.68 Å². The lowest BCUT2D eigenvalue weighted by atomic mass is 10.0. The second-order valence-corrected chi connectivity index (χ2v) is 8.58. The van der Waals surface area contributed by atoms with Gasteiger partial charge in [0, 0.05) is 24.0 Å². The molecule has 9 nitrogen and oxygen atoms in total. The molecular weight excluding hydrogens is 430 g/mol. The summed E-state index contributed by atoms with van der Waals surface area (Å²) in [5, 5.41) is 7.74. The van der Waals surface area contributed by atoms with Crippen LogP contribution in [0.25, 0.3) is 11.3 Å². The molecule has 2 aromatic heterocycles. The summed E-state index contributed by atoms with van der Waals surface area (Å²) in [4.78, 5) is 23.2. The number of nitrogen functional groups attached to an aromatic ring is 1. The molecule has 10 heteroatoms. The molecule has 2 aliphatic rings. The molecule has 0 radical (unpaired) electrons. The van der Waals surface area contributed by atoms with Gasteiger partial charge in [-0.15, -0.1) is 0 Å². The predicted octanol–water partition coefficient (Wildman–Crippen LogP) is 3.15. The largest absolute Gasteiger partial charge is 0.491 e. The van der Waals surface area contributed by atoms with Crippen LogP contribution in [0.1, 0.15) is 29.7 Å². The number of fused-ring (bicyclic) bond motifs is 1. The molecule has 0 unspecified atom stereocenters. The number of amides is 2. The quantitative estimate of drug-likeness (QED) is 0.593. The number of nitrogens with zero attached hydrogens (tertiary/aromatic N) is 5. The number of hydrogen-bond donors (Lipinski definition) is 2. The molecule has 166 valence electrons. The first-order valence-electron chi connectivity index (χ1n) is 10.6. The molecule has 3 N–H and O–H groups in total. The van der Waals surface area contributed by atoms with Crippen molar-refractivity contribution in [1.29, 1.82) is 0 Å². The Bertz CT molecular complexity index is 1160. The van der Waals surface area contributed by atoms with Gasteiger partial charge in [0.2, 0.25) is 5.95 Å². The maximum atomic E-state index is 12.6. The topological polar surface area (TPSA) is 111 Å². The molecule has 1 aliphatic carbocycles. The zero-order valence-electron chi connectivity index (χ0n) is 17.7. The van der Waals surface area contributed by atoms with Gasteiger partial charge in [0.25, 0.3) is 0 Å². The SMILES string of the molecule is Cc1cc(Cl)c(-c2nc(N)nc3c2CN(C(=O)NC2CC2)C3)c(OCCn2cccn2)c1. The molecule has 1 aliphatic heterocycles. The fourth-order valence-electron chi connectivity index (χ4n) is 3.85. The molecular formula is C22H24ClN7O2. The second kappa shape index (κ2) is 8.31. The van der Waals surface area contributed by atoms with E-state index in [4.69, 9.17) is 22.1 Å². The smallest absolute Gasteiger partial charge is 0.318 e. The number of urea groups is 1. The van der Waals surface area contributed by atoms with Crippen LogP contribution in [0.15, 0.2) is 30.6 Å². The lowest BCUT2D eigenvalue weighted by Crippen LogP contribution is -2.37. The van der Waals surface area contributed by atoms with Gasteiger partial charge in [-0.2, -0.15) is 5.10 Å². The number of aryl methyl sites for hydroxylation is 1. The summed E-state index contributed by atoms with van der Waals surface area (Å²) >= 11 is 6.69. The molecule has 0 atom stereocenters. The first kappa shape index (κ1) is 20.6. The minimum absolute atomic E-state index is 0.0966. The second-order valence-electron chi connectivity index (χ2n) is 8.17. The number of carbonyl (C=O) groups excluding carboxylic acids is 1. The van der Waals surface area contributed by atoms with E-state index in [1.165, 1.54) is 0 Å². The van der Waals surface area contributed by atoms with E-state index in [0.717, 1.165) is 29.7 Å². The number of ether oxygens (including phenoxy) is 1. The van der Waals surface area contributed by atoms with Crippen molar-refractivity contribution < 1.29 is 9.53 Å². The molecule has 2 amide bonds. The van der Waals surface area contributed by atoms with Gasteiger partial charge in [-0.05, 0) is 43.5 Å². The third-order valence-corrected chi connectivity index (χ3v) is 5.86. The average Bonchev–Trinajstić information content (AvgIpc) is 3.22. The number of carbonyl (C=O) groups is 1. The monoisotopic (exact) mass is 453 g/mol. The van der Waals surface area contributed by atoms with Crippen LogP contribution in [0, 0.1) is 6.92 Å². The molecule has 32 heavy (non-hydrogen) atoms. The van der Waals surface area contributed by atoms with Crippen LogP contribution >= 0.6 is 11.6 Å². The summed E-state index contributed by atoms with van der Waals surface area (Å²) < 4.78 is 7.92. The maximum Gasteiger partial charge on any atom is 0.318 e. The van der Waals surface area contributed by atoms with Crippen molar-refractivity contribution in [3.8, 4) is 17.0 Å². The Hall–Kier alpha value is -3.33. The summed E-state index contributed by atoms with van der Waals surface area (Å²) in [6, 6.07) is 5.85. The normalized spacial score (nSPS) is 15.0. The van der Waals surface area contributed by atoms with Gasteiger partial charge in [0.1, 0.15) is 12.4 Å². The first-order valence-corrected chi connectivity index (χ1v) is 11.0. The van der Waals surface area contributed by atoms with E-state index >= 15 is 0 Å². The zero-order chi connectivity index (χ0) is 22.2. The predicted molar refractivity (Wildman–Crippen MR) is 120 cm³/mol. The van der Waals surface area contributed by atoms with Crippen molar-refractivity contribution in [3.63, 3.8) is 0 Å². The van der Waals surface area contributed by atoms with Crippen LogP contribution in [0.4, 0.5) is 10.7 Å². The van der Waals surface area contributed by atoms with Gasteiger partial charge < -0.3 is 20.7 Å². The Morgan fingerprint density at radius 2 is 2.16 bits per heavy atom. The van der Waals surface area contributed by atoms with Crippen molar-refractivity contribution in [2.45, 2.75) is 45.4 Å². The zero-order valence-corrected chi connectivity index (χ0v) is 18.5. The number of benzene rings is 1. The fourth-order valence-corrected chi connectivity index (χ4v) is 4.21. The first-order chi connectivity index (χ1) is 15.5. The van der Waals surface area contributed by atoms with Crippen LogP contribution in [-0.4, -0.2) is 43.3 Å². The summed E-state index contributed by atoms with van der Waals surface area (Å²) in [6.45, 7) is 3.73. The number of nitrogens with two attached hydrogens (primary N) is 1. The Morgan fingerprint density at radius 1 is 1.31 bits per heavy atom. The van der Waals surface area contributed by atoms with Gasteiger partial charge in [-0.1, -0.05) is 11.6 Å². The van der Waals surface area contributed by atoms with Gasteiger partial charge in [0.05, 0.1) is 41.6 Å². The highest BCUT2D eigenvalue weighted by Crippen LogP contribution is 2.41. The van der Waals surface area contributed by atoms with Gasteiger partial charge in [0.15, 0.2) is 0 Å². The summed E-state index contributed by atoms with van der Waals surface area (Å²) in [6.07, 6.45) is 5.67. The number of aromatic nitrogens is 4. The third kappa shape index (κ3) is 4.20. The van der Waals surface area contributed by atoms with E-state index in [9.17, 15) is 4.79 Å². The summed E-state index contributed by atoms with van der Waals surface area (Å²) in [5.41, 5.74) is 9.85. The number of nitrogens with one attached hydrogen (secondary N) is 1. The minimum atomic E-state index is -0.0966. The molecule has 0 saturated heterocycles. The molecule has 3 heterocycles. The Morgan fingerprint density at radius 3 is 2.91 bits per heavy atom. The van der Waals surface area contributed by atoms with Gasteiger partial charge in [-0.25, -0.2) is 14.8 Å². The molecule has 1 aromatic carbocycles. The van der Waals surface area contributed by atoms with Crippen LogP contribution in [0.3, 0.4) is 0 Å². The number of anilines is 1. The maximum absolute atomic E-state index is 12.6. The van der Waals surface area contributed by atoms with Crippen molar-refractivity contribution in [2.24, 2.45) is 0 Å². The Kier molecular flexibility index (Phi) is 5.34. The highest BCUT2D eigenvalue weighted by atomic mass is 35.5.